The monoisotopic (exact) mass is 373 g/mol. The smallest absolute Gasteiger partial charge is 0.0954 e. The second-order valence-corrected chi connectivity index (χ2v) is 7.93. The van der Waals surface area contributed by atoms with Gasteiger partial charge in [-0.3, -0.25) is 0 Å². The molecule has 1 N–H and O–H groups in total. The number of anilines is 1. The highest BCUT2D eigenvalue weighted by atomic mass is 35.5. The van der Waals surface area contributed by atoms with Crippen LogP contribution < -0.4 is 5.32 Å². The molecule has 2 aromatic heterocycles. The minimum atomic E-state index is 0.0125. The Hall–Kier alpha value is -0.710. The first kappa shape index (κ1) is 15.2. The van der Waals surface area contributed by atoms with Crippen LogP contribution in [0.3, 0.4) is 0 Å². The molecule has 0 fully saturated rings. The molecule has 1 atom stereocenters. The quantitative estimate of drug-likeness (QED) is 0.520. The van der Waals surface area contributed by atoms with Crippen molar-refractivity contribution < 1.29 is 0 Å². The third kappa shape index (κ3) is 3.55. The zero-order valence-corrected chi connectivity index (χ0v) is 14.5. The molecule has 6 heteroatoms. The Morgan fingerprint density at radius 2 is 1.81 bits per heavy atom. The number of benzene rings is 1. The first-order valence-corrected chi connectivity index (χ1v) is 8.97. The Labute approximate surface area is 146 Å². The lowest BCUT2D eigenvalue weighted by atomic mass is 10.2. The second-order valence-electron chi connectivity index (χ2n) is 4.36. The molecule has 0 saturated carbocycles. The first-order valence-electron chi connectivity index (χ1n) is 6.14. The lowest BCUT2D eigenvalue weighted by Crippen LogP contribution is -2.09. The Kier molecular flexibility index (Phi) is 4.77. The number of halogens is 3. The number of rotatable bonds is 4. The molecule has 0 aliphatic carbocycles. The van der Waals surface area contributed by atoms with Gasteiger partial charge in [0, 0.05) is 14.8 Å². The minimum Gasteiger partial charge on any atom is -0.371 e. The molecular formula is C15H10Cl3NS2. The van der Waals surface area contributed by atoms with Gasteiger partial charge < -0.3 is 5.32 Å². The summed E-state index contributed by atoms with van der Waals surface area (Å²) < 4.78 is 0.769. The molecule has 0 amide bonds. The summed E-state index contributed by atoms with van der Waals surface area (Å²) in [7, 11) is 0. The minimum absolute atomic E-state index is 0.0125. The lowest BCUT2D eigenvalue weighted by Gasteiger charge is -2.18. The van der Waals surface area contributed by atoms with Crippen LogP contribution in [0.5, 0.6) is 0 Å². The fraction of sp³-hybridized carbons (Fsp3) is 0.0667. The van der Waals surface area contributed by atoms with E-state index in [0.29, 0.717) is 10.0 Å². The molecule has 1 unspecified atom stereocenters. The molecule has 0 radical (unpaired) electrons. The molecule has 0 aliphatic heterocycles. The van der Waals surface area contributed by atoms with E-state index < -0.39 is 0 Å². The largest absolute Gasteiger partial charge is 0.371 e. The van der Waals surface area contributed by atoms with Crippen LogP contribution in [0.2, 0.25) is 14.4 Å². The van der Waals surface area contributed by atoms with Gasteiger partial charge in [-0.2, -0.15) is 0 Å². The van der Waals surface area contributed by atoms with Crippen LogP contribution in [-0.2, 0) is 0 Å². The standard InChI is InChI=1S/C15H10Cl3NS2/c16-9-3-4-10(17)11(8-9)19-15(12-2-1-7-20-12)13-5-6-14(18)21-13/h1-8,15,19H. The van der Waals surface area contributed by atoms with E-state index in [1.165, 1.54) is 4.88 Å². The maximum absolute atomic E-state index is 6.25. The third-order valence-electron chi connectivity index (χ3n) is 2.93. The number of thiophene rings is 2. The molecule has 0 aliphatic rings. The highest BCUT2D eigenvalue weighted by Gasteiger charge is 2.18. The van der Waals surface area contributed by atoms with E-state index in [2.05, 4.69) is 16.8 Å². The normalized spacial score (nSPS) is 12.3. The topological polar surface area (TPSA) is 12.0 Å². The van der Waals surface area contributed by atoms with Crippen LogP contribution >= 0.6 is 57.5 Å². The Bertz CT molecular complexity index is 737. The van der Waals surface area contributed by atoms with Crippen molar-refractivity contribution in [1.29, 1.82) is 0 Å². The molecular weight excluding hydrogens is 365 g/mol. The average Bonchev–Trinajstić information content (AvgIpc) is 3.11. The van der Waals surface area contributed by atoms with Crippen LogP contribution in [0, 0.1) is 0 Å². The summed E-state index contributed by atoms with van der Waals surface area (Å²) in [4.78, 5) is 2.34. The van der Waals surface area contributed by atoms with E-state index in [1.807, 2.05) is 24.3 Å². The van der Waals surface area contributed by atoms with Crippen molar-refractivity contribution in [3.05, 3.63) is 72.0 Å². The molecule has 21 heavy (non-hydrogen) atoms. The van der Waals surface area contributed by atoms with Gasteiger partial charge in [0.05, 0.1) is 21.1 Å². The van der Waals surface area contributed by atoms with Gasteiger partial charge >= 0.3 is 0 Å². The molecule has 108 valence electrons. The predicted molar refractivity (Wildman–Crippen MR) is 95.6 cm³/mol. The van der Waals surface area contributed by atoms with E-state index in [9.17, 15) is 0 Å². The van der Waals surface area contributed by atoms with Crippen molar-refractivity contribution in [3.8, 4) is 0 Å². The maximum Gasteiger partial charge on any atom is 0.0954 e. The van der Waals surface area contributed by atoms with Crippen molar-refractivity contribution in [2.75, 3.05) is 5.32 Å². The van der Waals surface area contributed by atoms with Gasteiger partial charge in [0.25, 0.3) is 0 Å². The molecule has 0 spiro atoms. The Balaban J connectivity index is 1.98. The fourth-order valence-electron chi connectivity index (χ4n) is 1.99. The number of hydrogen-bond donors (Lipinski definition) is 1. The lowest BCUT2D eigenvalue weighted by molar-refractivity contribution is 0.993. The second kappa shape index (κ2) is 6.59. The van der Waals surface area contributed by atoms with Gasteiger partial charge in [-0.25, -0.2) is 0 Å². The van der Waals surface area contributed by atoms with Crippen molar-refractivity contribution in [2.24, 2.45) is 0 Å². The molecule has 2 heterocycles. The van der Waals surface area contributed by atoms with Crippen molar-refractivity contribution in [2.45, 2.75) is 6.04 Å². The van der Waals surface area contributed by atoms with Crippen LogP contribution in [0.4, 0.5) is 5.69 Å². The van der Waals surface area contributed by atoms with E-state index >= 15 is 0 Å². The summed E-state index contributed by atoms with van der Waals surface area (Å²) >= 11 is 21.6. The van der Waals surface area contributed by atoms with Crippen molar-refractivity contribution in [1.82, 2.24) is 0 Å². The SMILES string of the molecule is Clc1ccc(Cl)c(NC(c2cccs2)c2ccc(Cl)s2)c1. The van der Waals surface area contributed by atoms with Crippen molar-refractivity contribution >= 4 is 63.2 Å². The molecule has 1 nitrogen and oxygen atoms in total. The van der Waals surface area contributed by atoms with Gasteiger partial charge in [0.2, 0.25) is 0 Å². The summed E-state index contributed by atoms with van der Waals surface area (Å²) in [6, 6.07) is 13.5. The molecule has 3 aromatic rings. The van der Waals surface area contributed by atoms with Gasteiger partial charge in [-0.1, -0.05) is 40.9 Å². The molecule has 3 rings (SSSR count). The first-order chi connectivity index (χ1) is 10.1. The molecule has 0 saturated heterocycles. The highest BCUT2D eigenvalue weighted by Crippen LogP contribution is 2.37. The Morgan fingerprint density at radius 3 is 2.48 bits per heavy atom. The summed E-state index contributed by atoms with van der Waals surface area (Å²) in [6.07, 6.45) is 0. The van der Waals surface area contributed by atoms with Gasteiger partial charge in [0.1, 0.15) is 0 Å². The van der Waals surface area contributed by atoms with E-state index in [1.54, 1.807) is 34.8 Å². The molecule has 0 bridgehead atoms. The summed E-state index contributed by atoms with van der Waals surface area (Å²) in [5.41, 5.74) is 0.812. The van der Waals surface area contributed by atoms with Gasteiger partial charge in [-0.05, 0) is 41.8 Å². The van der Waals surface area contributed by atoms with Crippen LogP contribution in [0.1, 0.15) is 15.8 Å². The fourth-order valence-corrected chi connectivity index (χ4v) is 4.33. The van der Waals surface area contributed by atoms with Crippen LogP contribution in [0.15, 0.2) is 47.8 Å². The van der Waals surface area contributed by atoms with E-state index in [4.69, 9.17) is 34.8 Å². The van der Waals surface area contributed by atoms with Crippen LogP contribution in [0.25, 0.3) is 0 Å². The third-order valence-corrected chi connectivity index (χ3v) is 5.73. The number of hydrogen-bond acceptors (Lipinski definition) is 3. The van der Waals surface area contributed by atoms with E-state index in [0.717, 1.165) is 14.9 Å². The summed E-state index contributed by atoms with van der Waals surface area (Å²) in [5.74, 6) is 0. The van der Waals surface area contributed by atoms with Crippen molar-refractivity contribution in [3.63, 3.8) is 0 Å². The molecule has 1 aromatic carbocycles. The zero-order valence-electron chi connectivity index (χ0n) is 10.6. The van der Waals surface area contributed by atoms with Crippen LogP contribution in [-0.4, -0.2) is 0 Å². The average molecular weight is 375 g/mol. The maximum atomic E-state index is 6.25. The van der Waals surface area contributed by atoms with Gasteiger partial charge in [-0.15, -0.1) is 22.7 Å². The zero-order chi connectivity index (χ0) is 14.8. The summed E-state index contributed by atoms with van der Waals surface area (Å²) in [6.45, 7) is 0. The summed E-state index contributed by atoms with van der Waals surface area (Å²) in [5, 5.41) is 6.81. The predicted octanol–water partition coefficient (Wildman–Crippen LogP) is 6.97. The number of nitrogens with one attached hydrogen (secondary N) is 1. The van der Waals surface area contributed by atoms with E-state index in [-0.39, 0.29) is 6.04 Å². The Morgan fingerprint density at radius 1 is 0.952 bits per heavy atom. The highest BCUT2D eigenvalue weighted by molar-refractivity contribution is 7.16. The van der Waals surface area contributed by atoms with Gasteiger partial charge in [0.15, 0.2) is 0 Å².